The second kappa shape index (κ2) is 7.96. The van der Waals surface area contributed by atoms with Crippen molar-refractivity contribution in [2.24, 2.45) is 0 Å². The van der Waals surface area contributed by atoms with Crippen molar-refractivity contribution < 1.29 is 19.4 Å². The van der Waals surface area contributed by atoms with Crippen molar-refractivity contribution in [3.63, 3.8) is 0 Å². The van der Waals surface area contributed by atoms with E-state index in [0.29, 0.717) is 5.75 Å². The molecule has 28 heavy (non-hydrogen) atoms. The Morgan fingerprint density at radius 2 is 1.71 bits per heavy atom. The average Bonchev–Trinajstić information content (AvgIpc) is 2.81. The molecule has 0 unspecified atom stereocenters. The van der Waals surface area contributed by atoms with Gasteiger partial charge in [-0.3, -0.25) is 9.59 Å². The van der Waals surface area contributed by atoms with Crippen molar-refractivity contribution in [2.75, 3.05) is 6.61 Å². The molecular weight excluding hydrogens is 362 g/mol. The number of fused-ring (bicyclic) bond motifs is 1. The topological polar surface area (TPSA) is 94.8 Å². The molecule has 0 aliphatic rings. The summed E-state index contributed by atoms with van der Waals surface area (Å²) in [6.07, 6.45) is 0. The highest BCUT2D eigenvalue weighted by atomic mass is 16.5. The van der Waals surface area contributed by atoms with Gasteiger partial charge in [-0.25, -0.2) is 4.79 Å². The standard InChI is InChI=1S/C21H19NO6/c1-3-22-14-10-11-16(23)19(27-4-2)20(28-13-8-6-5-7-9-13)18(14)17(24)12-15(22)21(25)26/h5-12H,3-4H2,1-2H3,(H,25,26). The second-order valence-electron chi connectivity index (χ2n) is 5.91. The lowest BCUT2D eigenvalue weighted by Crippen LogP contribution is -2.17. The van der Waals surface area contributed by atoms with Gasteiger partial charge in [0, 0.05) is 12.6 Å². The lowest BCUT2D eigenvalue weighted by atomic mass is 10.2. The van der Waals surface area contributed by atoms with E-state index in [-0.39, 0.29) is 41.2 Å². The van der Waals surface area contributed by atoms with Gasteiger partial charge in [-0.1, -0.05) is 18.2 Å². The Hall–Kier alpha value is -3.61. The van der Waals surface area contributed by atoms with E-state index in [4.69, 9.17) is 9.47 Å². The largest absolute Gasteiger partial charge is 0.487 e. The van der Waals surface area contributed by atoms with E-state index in [9.17, 15) is 19.5 Å². The fourth-order valence-corrected chi connectivity index (χ4v) is 3.03. The van der Waals surface area contributed by atoms with E-state index in [1.807, 2.05) is 6.07 Å². The van der Waals surface area contributed by atoms with Crippen molar-refractivity contribution in [1.29, 1.82) is 0 Å². The van der Waals surface area contributed by atoms with Crippen LogP contribution in [0.1, 0.15) is 24.3 Å². The second-order valence-corrected chi connectivity index (χ2v) is 5.91. The number of nitrogens with zero attached hydrogens (tertiary/aromatic N) is 1. The number of carbonyl (C=O) groups is 1. The maximum Gasteiger partial charge on any atom is 0.352 e. The van der Waals surface area contributed by atoms with Gasteiger partial charge in [0.05, 0.1) is 17.5 Å². The minimum absolute atomic E-state index is 0.0258. The number of carboxylic acids is 1. The molecule has 1 heterocycles. The first-order chi connectivity index (χ1) is 13.5. The van der Waals surface area contributed by atoms with Crippen molar-refractivity contribution in [3.05, 3.63) is 74.7 Å². The van der Waals surface area contributed by atoms with Gasteiger partial charge in [0.1, 0.15) is 11.4 Å². The molecule has 0 bridgehead atoms. The van der Waals surface area contributed by atoms with E-state index in [1.165, 1.54) is 16.7 Å². The smallest absolute Gasteiger partial charge is 0.352 e. The number of benzene rings is 1. The van der Waals surface area contributed by atoms with Crippen LogP contribution in [0.3, 0.4) is 0 Å². The Morgan fingerprint density at radius 1 is 1.00 bits per heavy atom. The third-order valence-electron chi connectivity index (χ3n) is 4.19. The van der Waals surface area contributed by atoms with Gasteiger partial charge in [0.15, 0.2) is 11.2 Å². The molecule has 0 aliphatic carbocycles. The first-order valence-electron chi connectivity index (χ1n) is 8.81. The number of para-hydroxylation sites is 1. The van der Waals surface area contributed by atoms with Crippen molar-refractivity contribution in [1.82, 2.24) is 4.57 Å². The Morgan fingerprint density at radius 3 is 2.32 bits per heavy atom. The van der Waals surface area contributed by atoms with Gasteiger partial charge in [-0.05, 0) is 38.1 Å². The molecule has 2 aromatic carbocycles. The van der Waals surface area contributed by atoms with Gasteiger partial charge in [0.2, 0.25) is 11.2 Å². The lowest BCUT2D eigenvalue weighted by molar-refractivity contribution is 0.0685. The minimum atomic E-state index is -1.23. The SMILES string of the molecule is CCOc1c(Oc2ccccc2)c2c(=O)cc(C(=O)O)n(CC)c2ccc1=O. The number of rotatable bonds is 6. The fraction of sp³-hybridized carbons (Fsp3) is 0.190. The van der Waals surface area contributed by atoms with Gasteiger partial charge in [-0.2, -0.15) is 0 Å². The maximum absolute atomic E-state index is 12.9. The van der Waals surface area contributed by atoms with Crippen LogP contribution >= 0.6 is 0 Å². The molecule has 0 aliphatic heterocycles. The third kappa shape index (κ3) is 3.46. The van der Waals surface area contributed by atoms with E-state index in [2.05, 4.69) is 0 Å². The number of aromatic nitrogens is 1. The van der Waals surface area contributed by atoms with Crippen molar-refractivity contribution in [2.45, 2.75) is 20.4 Å². The summed E-state index contributed by atoms with van der Waals surface area (Å²) in [6, 6.07) is 12.4. The van der Waals surface area contributed by atoms with Crippen molar-refractivity contribution >= 4 is 16.9 Å². The minimum Gasteiger partial charge on any atom is -0.487 e. The normalized spacial score (nSPS) is 10.6. The van der Waals surface area contributed by atoms with Crippen LogP contribution < -0.4 is 20.3 Å². The summed E-state index contributed by atoms with van der Waals surface area (Å²) in [5.41, 5.74) is -0.925. The molecule has 7 nitrogen and oxygen atoms in total. The first-order valence-corrected chi connectivity index (χ1v) is 8.81. The Kier molecular flexibility index (Phi) is 5.44. The Balaban J connectivity index is 2.49. The Labute approximate surface area is 160 Å². The number of carboxylic acid groups (broad SMARTS) is 1. The summed E-state index contributed by atoms with van der Waals surface area (Å²) >= 11 is 0. The molecule has 1 N–H and O–H groups in total. The molecule has 3 rings (SSSR count). The van der Waals surface area contributed by atoms with E-state index < -0.39 is 16.8 Å². The molecule has 0 spiro atoms. The highest BCUT2D eigenvalue weighted by Crippen LogP contribution is 2.34. The van der Waals surface area contributed by atoms with Crippen LogP contribution in [0.15, 0.2) is 58.1 Å². The molecule has 0 saturated heterocycles. The molecule has 3 aromatic rings. The zero-order chi connectivity index (χ0) is 20.3. The van der Waals surface area contributed by atoms with Crippen LogP contribution in [0.5, 0.6) is 17.2 Å². The number of ether oxygens (including phenoxy) is 2. The van der Waals surface area contributed by atoms with Crippen LogP contribution in [-0.2, 0) is 6.54 Å². The number of aryl methyl sites for hydroxylation is 1. The summed E-state index contributed by atoms with van der Waals surface area (Å²) in [6.45, 7) is 3.95. The number of hydrogen-bond donors (Lipinski definition) is 1. The molecule has 0 saturated carbocycles. The van der Waals surface area contributed by atoms with Crippen LogP contribution in [0.2, 0.25) is 0 Å². The molecule has 0 amide bonds. The van der Waals surface area contributed by atoms with Gasteiger partial charge >= 0.3 is 5.97 Å². The van der Waals surface area contributed by atoms with Crippen LogP contribution in [0.25, 0.3) is 10.9 Å². The molecule has 0 radical (unpaired) electrons. The van der Waals surface area contributed by atoms with Crippen molar-refractivity contribution in [3.8, 4) is 17.2 Å². The molecular formula is C21H19NO6. The third-order valence-corrected chi connectivity index (χ3v) is 4.19. The van der Waals surface area contributed by atoms with Crippen LogP contribution in [-0.4, -0.2) is 22.2 Å². The molecule has 0 fully saturated rings. The number of hydrogen-bond acceptors (Lipinski definition) is 5. The van der Waals surface area contributed by atoms with Gasteiger partial charge in [-0.15, -0.1) is 0 Å². The van der Waals surface area contributed by atoms with E-state index in [1.54, 1.807) is 38.1 Å². The Bertz CT molecular complexity index is 1150. The highest BCUT2D eigenvalue weighted by Gasteiger charge is 2.21. The number of aromatic carboxylic acids is 1. The van der Waals surface area contributed by atoms with Crippen LogP contribution in [0.4, 0.5) is 0 Å². The van der Waals surface area contributed by atoms with Gasteiger partial charge in [0.25, 0.3) is 0 Å². The summed E-state index contributed by atoms with van der Waals surface area (Å²) in [7, 11) is 0. The van der Waals surface area contributed by atoms with Crippen LogP contribution in [0, 0.1) is 0 Å². The number of pyridine rings is 1. The summed E-state index contributed by atoms with van der Waals surface area (Å²) in [5, 5.41) is 9.55. The first kappa shape index (κ1) is 19.2. The summed E-state index contributed by atoms with van der Waals surface area (Å²) < 4.78 is 12.9. The molecule has 1 aromatic heterocycles. The predicted octanol–water partition coefficient (Wildman–Crippen LogP) is 3.27. The predicted molar refractivity (Wildman–Crippen MR) is 105 cm³/mol. The fourth-order valence-electron chi connectivity index (χ4n) is 3.03. The monoisotopic (exact) mass is 381 g/mol. The summed E-state index contributed by atoms with van der Waals surface area (Å²) in [4.78, 5) is 37.1. The zero-order valence-corrected chi connectivity index (χ0v) is 15.5. The van der Waals surface area contributed by atoms with Gasteiger partial charge < -0.3 is 19.1 Å². The highest BCUT2D eigenvalue weighted by molar-refractivity contribution is 5.93. The quantitative estimate of drug-likeness (QED) is 0.704. The zero-order valence-electron chi connectivity index (χ0n) is 15.5. The maximum atomic E-state index is 12.9. The molecule has 0 atom stereocenters. The van der Waals surface area contributed by atoms with E-state index >= 15 is 0 Å². The molecule has 144 valence electrons. The van der Waals surface area contributed by atoms with E-state index in [0.717, 1.165) is 6.07 Å². The lowest BCUT2D eigenvalue weighted by Gasteiger charge is -2.14. The average molecular weight is 381 g/mol. The summed E-state index contributed by atoms with van der Waals surface area (Å²) in [5.74, 6) is -0.934. The molecule has 7 heteroatoms.